The zero-order valence-corrected chi connectivity index (χ0v) is 15.6. The Morgan fingerprint density at radius 1 is 1.26 bits per heavy atom. The molecule has 0 fully saturated rings. The summed E-state index contributed by atoms with van der Waals surface area (Å²) < 4.78 is 79.6. The SMILES string of the molecule is CC(NS(=O)(=O)c1cc(C(O)Nc2ccc(F)c(Cl)c2F)n(C)c1)C(F)F. The van der Waals surface area contributed by atoms with Gasteiger partial charge >= 0.3 is 0 Å². The second-order valence-electron chi connectivity index (χ2n) is 5.73. The first-order chi connectivity index (χ1) is 12.4. The molecule has 1 aromatic carbocycles. The van der Waals surface area contributed by atoms with Crippen molar-refractivity contribution in [2.75, 3.05) is 5.32 Å². The van der Waals surface area contributed by atoms with E-state index in [-0.39, 0.29) is 16.3 Å². The maximum atomic E-state index is 13.9. The molecule has 27 heavy (non-hydrogen) atoms. The van der Waals surface area contributed by atoms with Gasteiger partial charge in [-0.05, 0) is 25.1 Å². The summed E-state index contributed by atoms with van der Waals surface area (Å²) >= 11 is 5.46. The molecule has 2 atom stereocenters. The van der Waals surface area contributed by atoms with Crippen LogP contribution in [0.2, 0.25) is 5.02 Å². The first-order valence-electron chi connectivity index (χ1n) is 7.49. The smallest absolute Gasteiger partial charge is 0.254 e. The number of halogens is 5. The third-order valence-corrected chi connectivity index (χ3v) is 5.53. The third kappa shape index (κ3) is 4.72. The number of aryl methyl sites for hydroxylation is 1. The van der Waals surface area contributed by atoms with Crippen LogP contribution in [-0.2, 0) is 17.1 Å². The lowest BCUT2D eigenvalue weighted by molar-refractivity contribution is 0.116. The number of benzene rings is 1. The Labute approximate surface area is 157 Å². The van der Waals surface area contributed by atoms with Gasteiger partial charge in [0.2, 0.25) is 10.0 Å². The minimum Gasteiger partial charge on any atom is -0.368 e. The monoisotopic (exact) mass is 429 g/mol. The highest BCUT2D eigenvalue weighted by Crippen LogP contribution is 2.28. The first-order valence-corrected chi connectivity index (χ1v) is 9.35. The number of sulfonamides is 1. The van der Waals surface area contributed by atoms with Gasteiger partial charge in [-0.25, -0.2) is 30.7 Å². The first kappa shape index (κ1) is 21.5. The molecule has 12 heteroatoms. The van der Waals surface area contributed by atoms with Gasteiger partial charge in [-0.15, -0.1) is 0 Å². The second kappa shape index (κ2) is 8.05. The van der Waals surface area contributed by atoms with Gasteiger partial charge in [0, 0.05) is 13.2 Å². The van der Waals surface area contributed by atoms with Gasteiger partial charge in [-0.1, -0.05) is 11.6 Å². The van der Waals surface area contributed by atoms with Gasteiger partial charge in [0.1, 0.15) is 15.7 Å². The van der Waals surface area contributed by atoms with Crippen LogP contribution in [0.5, 0.6) is 0 Å². The number of aliphatic hydroxyl groups excluding tert-OH is 1. The molecule has 0 bridgehead atoms. The van der Waals surface area contributed by atoms with Crippen molar-refractivity contribution in [1.29, 1.82) is 0 Å². The van der Waals surface area contributed by atoms with Gasteiger partial charge in [0.25, 0.3) is 6.43 Å². The van der Waals surface area contributed by atoms with Crippen molar-refractivity contribution in [3.05, 3.63) is 46.7 Å². The van der Waals surface area contributed by atoms with E-state index in [0.717, 1.165) is 31.3 Å². The number of aliphatic hydroxyl groups is 1. The fourth-order valence-electron chi connectivity index (χ4n) is 2.19. The van der Waals surface area contributed by atoms with Crippen LogP contribution in [0.1, 0.15) is 18.8 Å². The van der Waals surface area contributed by atoms with Crippen LogP contribution in [0.25, 0.3) is 0 Å². The van der Waals surface area contributed by atoms with E-state index >= 15 is 0 Å². The number of nitrogens with zero attached hydrogens (tertiary/aromatic N) is 1. The molecule has 2 unspecified atom stereocenters. The topological polar surface area (TPSA) is 83.4 Å². The van der Waals surface area contributed by atoms with Crippen molar-refractivity contribution >= 4 is 27.3 Å². The average Bonchev–Trinajstić information content (AvgIpc) is 2.97. The van der Waals surface area contributed by atoms with E-state index < -0.39 is 45.4 Å². The molecule has 0 aliphatic carbocycles. The molecule has 150 valence electrons. The standard InChI is InChI=1S/C15H16ClF4N3O3S/c1-7(14(19)20)22-27(25,26)8-5-11(23(2)6-8)15(24)21-10-4-3-9(17)12(16)13(10)18/h3-7,14-15,21-22,24H,1-2H3. The minimum atomic E-state index is -4.27. The van der Waals surface area contributed by atoms with Crippen molar-refractivity contribution < 1.29 is 31.1 Å². The number of rotatable bonds is 7. The maximum absolute atomic E-state index is 13.9. The molecule has 2 rings (SSSR count). The van der Waals surface area contributed by atoms with Gasteiger partial charge in [0.15, 0.2) is 12.0 Å². The Morgan fingerprint density at radius 3 is 2.48 bits per heavy atom. The lowest BCUT2D eigenvalue weighted by Crippen LogP contribution is -2.37. The summed E-state index contributed by atoms with van der Waals surface area (Å²) in [5, 5.41) is 11.8. The average molecular weight is 430 g/mol. The molecule has 0 amide bonds. The minimum absolute atomic E-state index is 0.0140. The van der Waals surface area contributed by atoms with Crippen LogP contribution in [0, 0.1) is 11.6 Å². The van der Waals surface area contributed by atoms with E-state index in [2.05, 4.69) is 5.32 Å². The normalized spacial score (nSPS) is 14.4. The zero-order chi connectivity index (χ0) is 20.5. The summed E-state index contributed by atoms with van der Waals surface area (Å²) in [6, 6.07) is 1.31. The van der Waals surface area contributed by atoms with Gasteiger partial charge < -0.3 is 15.0 Å². The largest absolute Gasteiger partial charge is 0.368 e. The van der Waals surface area contributed by atoms with Crippen LogP contribution >= 0.6 is 11.6 Å². The maximum Gasteiger partial charge on any atom is 0.254 e. The lowest BCUT2D eigenvalue weighted by atomic mass is 10.2. The molecule has 0 spiro atoms. The predicted octanol–water partition coefficient (Wildman–Crippen LogP) is 2.99. The molecule has 0 saturated carbocycles. The number of nitrogens with one attached hydrogen (secondary N) is 2. The Morgan fingerprint density at radius 2 is 1.89 bits per heavy atom. The predicted molar refractivity (Wildman–Crippen MR) is 91.2 cm³/mol. The quantitative estimate of drug-likeness (QED) is 0.359. The highest BCUT2D eigenvalue weighted by atomic mass is 35.5. The summed E-state index contributed by atoms with van der Waals surface area (Å²) in [6.07, 6.45) is -3.40. The molecule has 2 aromatic rings. The van der Waals surface area contributed by atoms with E-state index in [9.17, 15) is 31.1 Å². The Kier molecular flexibility index (Phi) is 6.40. The number of hydrogen-bond acceptors (Lipinski definition) is 4. The molecule has 1 heterocycles. The van der Waals surface area contributed by atoms with Crippen LogP contribution in [-0.4, -0.2) is 30.6 Å². The number of aromatic nitrogens is 1. The fourth-order valence-corrected chi connectivity index (χ4v) is 3.66. The zero-order valence-electron chi connectivity index (χ0n) is 14.1. The highest BCUT2D eigenvalue weighted by Gasteiger charge is 2.26. The van der Waals surface area contributed by atoms with Crippen molar-refractivity contribution in [2.45, 2.75) is 30.5 Å². The molecule has 3 N–H and O–H groups in total. The Balaban J connectivity index is 2.27. The molecule has 0 radical (unpaired) electrons. The van der Waals surface area contributed by atoms with Crippen LogP contribution in [0.15, 0.2) is 29.3 Å². The summed E-state index contributed by atoms with van der Waals surface area (Å²) in [5.41, 5.74) is -0.330. The van der Waals surface area contributed by atoms with Crippen LogP contribution in [0.3, 0.4) is 0 Å². The molecule has 0 saturated heterocycles. The highest BCUT2D eigenvalue weighted by molar-refractivity contribution is 7.89. The molecule has 6 nitrogen and oxygen atoms in total. The van der Waals surface area contributed by atoms with E-state index in [1.54, 1.807) is 0 Å². The summed E-state index contributed by atoms with van der Waals surface area (Å²) in [4.78, 5) is -0.369. The van der Waals surface area contributed by atoms with E-state index in [1.807, 2.05) is 4.72 Å². The number of alkyl halides is 2. The van der Waals surface area contributed by atoms with E-state index in [1.165, 1.54) is 11.6 Å². The second-order valence-corrected chi connectivity index (χ2v) is 7.82. The van der Waals surface area contributed by atoms with Gasteiger partial charge in [0.05, 0.1) is 17.4 Å². The lowest BCUT2D eigenvalue weighted by Gasteiger charge is -2.16. The molecular formula is C15H16ClF4N3O3S. The number of anilines is 1. The number of hydrogen-bond donors (Lipinski definition) is 3. The molecular weight excluding hydrogens is 414 g/mol. The van der Waals surface area contributed by atoms with Crippen LogP contribution in [0.4, 0.5) is 23.2 Å². The van der Waals surface area contributed by atoms with E-state index in [0.29, 0.717) is 0 Å². The van der Waals surface area contributed by atoms with Crippen LogP contribution < -0.4 is 10.0 Å². The summed E-state index contributed by atoms with van der Waals surface area (Å²) in [6.45, 7) is 1.00. The molecule has 1 aromatic heterocycles. The van der Waals surface area contributed by atoms with E-state index in [4.69, 9.17) is 11.6 Å². The fraction of sp³-hybridized carbons (Fsp3) is 0.333. The van der Waals surface area contributed by atoms with Crippen molar-refractivity contribution in [2.24, 2.45) is 7.05 Å². The Hall–Kier alpha value is -1.82. The molecule has 0 aliphatic heterocycles. The summed E-state index contributed by atoms with van der Waals surface area (Å²) in [7, 11) is -2.87. The van der Waals surface area contributed by atoms with Crippen molar-refractivity contribution in [3.63, 3.8) is 0 Å². The molecule has 0 aliphatic rings. The Bertz CT molecular complexity index is 937. The van der Waals surface area contributed by atoms with Gasteiger partial charge in [-0.3, -0.25) is 0 Å². The van der Waals surface area contributed by atoms with Gasteiger partial charge in [-0.2, -0.15) is 0 Å². The summed E-state index contributed by atoms with van der Waals surface area (Å²) in [5.74, 6) is -2.12. The third-order valence-electron chi connectivity index (χ3n) is 3.66. The van der Waals surface area contributed by atoms with Crippen molar-refractivity contribution in [1.82, 2.24) is 9.29 Å². The van der Waals surface area contributed by atoms with Crippen molar-refractivity contribution in [3.8, 4) is 0 Å².